The molecule has 1 N–H and O–H groups in total. The zero-order valence-corrected chi connectivity index (χ0v) is 16.2. The number of anilines is 1. The number of carbonyl (C=O) groups excluding carboxylic acids is 1. The van der Waals surface area contributed by atoms with Gasteiger partial charge < -0.3 is 14.5 Å². The number of halogens is 2. The van der Waals surface area contributed by atoms with Crippen LogP contribution in [0.15, 0.2) is 77.5 Å². The van der Waals surface area contributed by atoms with E-state index in [2.05, 4.69) is 26.2 Å². The Hall–Kier alpha value is -3.19. The number of imidazole rings is 1. The molecule has 0 aliphatic carbocycles. The second-order valence-electron chi connectivity index (χ2n) is 6.09. The third-order valence-electron chi connectivity index (χ3n) is 4.07. The molecule has 0 atom stereocenters. The molecule has 0 bridgehead atoms. The highest BCUT2D eigenvalue weighted by molar-refractivity contribution is 9.10. The van der Waals surface area contributed by atoms with Crippen LogP contribution in [0, 0.1) is 5.82 Å². The van der Waals surface area contributed by atoms with Gasteiger partial charge in [-0.25, -0.2) is 9.37 Å². The zero-order valence-electron chi connectivity index (χ0n) is 14.6. The predicted molar refractivity (Wildman–Crippen MR) is 108 cm³/mol. The Morgan fingerprint density at radius 2 is 2.04 bits per heavy atom. The van der Waals surface area contributed by atoms with Gasteiger partial charge in [0.25, 0.3) is 5.91 Å². The summed E-state index contributed by atoms with van der Waals surface area (Å²) in [6.45, 7) is 0.300. The van der Waals surface area contributed by atoms with Crippen LogP contribution in [0.2, 0.25) is 0 Å². The molecule has 140 valence electrons. The van der Waals surface area contributed by atoms with Crippen LogP contribution in [0.25, 0.3) is 5.65 Å². The van der Waals surface area contributed by atoms with E-state index >= 15 is 0 Å². The maximum Gasteiger partial charge on any atom is 0.256 e. The number of aromatic nitrogens is 2. The van der Waals surface area contributed by atoms with Gasteiger partial charge in [0, 0.05) is 28.6 Å². The average Bonchev–Trinajstić information content (AvgIpc) is 3.11. The molecule has 0 saturated carbocycles. The van der Waals surface area contributed by atoms with Gasteiger partial charge in [0.15, 0.2) is 0 Å². The molecule has 0 aliphatic heterocycles. The number of benzene rings is 2. The molecule has 1 amide bonds. The van der Waals surface area contributed by atoms with Crippen molar-refractivity contribution < 1.29 is 13.9 Å². The smallest absolute Gasteiger partial charge is 0.256 e. The molecule has 2 heterocycles. The Morgan fingerprint density at radius 3 is 2.89 bits per heavy atom. The summed E-state index contributed by atoms with van der Waals surface area (Å²) in [5.41, 5.74) is 2.41. The summed E-state index contributed by atoms with van der Waals surface area (Å²) < 4.78 is 21.7. The molecule has 0 radical (unpaired) electrons. The molecule has 5 nitrogen and oxygen atoms in total. The number of amides is 1. The Balaban J connectivity index is 1.45. The van der Waals surface area contributed by atoms with Crippen LogP contribution in [0.1, 0.15) is 16.1 Å². The molecular weight excluding hydrogens is 425 g/mol. The first kappa shape index (κ1) is 18.2. The van der Waals surface area contributed by atoms with Gasteiger partial charge in [0.1, 0.15) is 23.8 Å². The molecule has 4 rings (SSSR count). The monoisotopic (exact) mass is 439 g/mol. The third-order valence-corrected chi connectivity index (χ3v) is 4.76. The minimum absolute atomic E-state index is 0.219. The first-order valence-electron chi connectivity index (χ1n) is 8.50. The number of nitrogens with one attached hydrogen (secondary N) is 1. The van der Waals surface area contributed by atoms with E-state index < -0.39 is 11.7 Å². The van der Waals surface area contributed by atoms with E-state index in [9.17, 15) is 9.18 Å². The fraction of sp³-hybridized carbons (Fsp3) is 0.0476. The summed E-state index contributed by atoms with van der Waals surface area (Å²) in [5, 5.41) is 2.75. The second-order valence-corrected chi connectivity index (χ2v) is 6.95. The summed E-state index contributed by atoms with van der Waals surface area (Å²) in [7, 11) is 0. The number of hydrogen-bond acceptors (Lipinski definition) is 3. The molecule has 2 aromatic heterocycles. The van der Waals surface area contributed by atoms with Gasteiger partial charge in [-0.15, -0.1) is 0 Å². The van der Waals surface area contributed by atoms with Gasteiger partial charge in [-0.3, -0.25) is 4.79 Å². The number of pyridine rings is 1. The SMILES string of the molecule is O=C(Nc1cccc(OCc2cn3ccccc3n2)c1)c1cc(F)ccc1Br. The number of ether oxygens (including phenoxy) is 1. The van der Waals surface area contributed by atoms with E-state index in [1.165, 1.54) is 18.2 Å². The van der Waals surface area contributed by atoms with Crippen molar-refractivity contribution in [3.8, 4) is 5.75 Å². The molecule has 0 aliphatic rings. The van der Waals surface area contributed by atoms with E-state index in [4.69, 9.17) is 4.74 Å². The highest BCUT2D eigenvalue weighted by atomic mass is 79.9. The van der Waals surface area contributed by atoms with Crippen LogP contribution < -0.4 is 10.1 Å². The lowest BCUT2D eigenvalue weighted by atomic mass is 10.2. The fourth-order valence-electron chi connectivity index (χ4n) is 2.75. The summed E-state index contributed by atoms with van der Waals surface area (Å²) in [4.78, 5) is 16.9. The molecule has 0 fully saturated rings. The third kappa shape index (κ3) is 4.04. The van der Waals surface area contributed by atoms with Crippen LogP contribution in [0.4, 0.5) is 10.1 Å². The lowest BCUT2D eigenvalue weighted by Gasteiger charge is -2.09. The number of fused-ring (bicyclic) bond motifs is 1. The Labute approximate surface area is 168 Å². The average molecular weight is 440 g/mol. The van der Waals surface area contributed by atoms with Crippen LogP contribution >= 0.6 is 15.9 Å². The maximum atomic E-state index is 13.4. The number of carbonyl (C=O) groups is 1. The van der Waals surface area contributed by atoms with Gasteiger partial charge >= 0.3 is 0 Å². The van der Waals surface area contributed by atoms with Crippen LogP contribution in [-0.2, 0) is 6.61 Å². The Bertz CT molecular complexity index is 1130. The molecule has 7 heteroatoms. The van der Waals surface area contributed by atoms with Gasteiger partial charge in [0.05, 0.1) is 11.3 Å². The highest BCUT2D eigenvalue weighted by Gasteiger charge is 2.12. The van der Waals surface area contributed by atoms with Crippen molar-refractivity contribution in [2.24, 2.45) is 0 Å². The van der Waals surface area contributed by atoms with Gasteiger partial charge in [-0.1, -0.05) is 12.1 Å². The second kappa shape index (κ2) is 7.82. The fourth-order valence-corrected chi connectivity index (χ4v) is 3.17. The largest absolute Gasteiger partial charge is 0.487 e. The van der Waals surface area contributed by atoms with Crippen molar-refractivity contribution in [2.45, 2.75) is 6.61 Å². The van der Waals surface area contributed by atoms with Crippen LogP contribution in [-0.4, -0.2) is 15.3 Å². The lowest BCUT2D eigenvalue weighted by Crippen LogP contribution is -2.13. The quantitative estimate of drug-likeness (QED) is 0.472. The van der Waals surface area contributed by atoms with Crippen LogP contribution in [0.5, 0.6) is 5.75 Å². The molecule has 0 spiro atoms. The molecule has 4 aromatic rings. The van der Waals surface area contributed by atoms with E-state index in [0.29, 0.717) is 22.5 Å². The van der Waals surface area contributed by atoms with Crippen molar-refractivity contribution in [2.75, 3.05) is 5.32 Å². The van der Waals surface area contributed by atoms with Gasteiger partial charge in [-0.2, -0.15) is 0 Å². The minimum atomic E-state index is -0.474. The molecule has 28 heavy (non-hydrogen) atoms. The summed E-state index contributed by atoms with van der Waals surface area (Å²) in [6, 6.07) is 16.8. The normalized spacial score (nSPS) is 10.8. The van der Waals surface area contributed by atoms with Crippen molar-refractivity contribution in [3.05, 3.63) is 94.6 Å². The molecule has 0 saturated heterocycles. The summed E-state index contributed by atoms with van der Waals surface area (Å²) in [6.07, 6.45) is 3.83. The van der Waals surface area contributed by atoms with E-state index in [0.717, 1.165) is 11.3 Å². The van der Waals surface area contributed by atoms with E-state index in [1.54, 1.807) is 24.3 Å². The number of rotatable bonds is 5. The van der Waals surface area contributed by atoms with Crippen molar-refractivity contribution in [1.29, 1.82) is 0 Å². The van der Waals surface area contributed by atoms with E-state index in [1.807, 2.05) is 35.0 Å². The first-order chi connectivity index (χ1) is 13.6. The lowest BCUT2D eigenvalue weighted by molar-refractivity contribution is 0.102. The van der Waals surface area contributed by atoms with E-state index in [-0.39, 0.29) is 5.56 Å². The van der Waals surface area contributed by atoms with Crippen molar-refractivity contribution in [3.63, 3.8) is 0 Å². The topological polar surface area (TPSA) is 55.6 Å². The van der Waals surface area contributed by atoms with Crippen LogP contribution in [0.3, 0.4) is 0 Å². The van der Waals surface area contributed by atoms with Gasteiger partial charge in [-0.05, 0) is 58.4 Å². The standard InChI is InChI=1S/C21H15BrFN3O2/c22-19-8-7-14(23)10-18(19)21(27)25-15-4-3-5-17(11-15)28-13-16-12-26-9-2-1-6-20(26)24-16/h1-12H,13H2,(H,25,27). The summed E-state index contributed by atoms with van der Waals surface area (Å²) in [5.74, 6) is -0.296. The maximum absolute atomic E-state index is 13.4. The molecule has 2 aromatic carbocycles. The van der Waals surface area contributed by atoms with Crippen molar-refractivity contribution >= 4 is 33.2 Å². The predicted octanol–water partition coefficient (Wildman–Crippen LogP) is 5.07. The minimum Gasteiger partial charge on any atom is -0.487 e. The number of nitrogens with zero attached hydrogens (tertiary/aromatic N) is 2. The molecule has 0 unspecified atom stereocenters. The number of hydrogen-bond donors (Lipinski definition) is 1. The zero-order chi connectivity index (χ0) is 19.5. The molecular formula is C21H15BrFN3O2. The van der Waals surface area contributed by atoms with Crippen molar-refractivity contribution in [1.82, 2.24) is 9.38 Å². The first-order valence-corrected chi connectivity index (χ1v) is 9.30. The summed E-state index contributed by atoms with van der Waals surface area (Å²) >= 11 is 3.26. The highest BCUT2D eigenvalue weighted by Crippen LogP contribution is 2.22. The van der Waals surface area contributed by atoms with Gasteiger partial charge in [0.2, 0.25) is 0 Å². The Kier molecular flexibility index (Phi) is 5.08. The Morgan fingerprint density at radius 1 is 1.14 bits per heavy atom.